The molecule has 0 bridgehead atoms. The molecule has 28 heavy (non-hydrogen) atoms. The van der Waals surface area contributed by atoms with Gasteiger partial charge in [0.15, 0.2) is 0 Å². The maximum atomic E-state index is 12.6. The van der Waals surface area contributed by atoms with Crippen molar-refractivity contribution in [1.82, 2.24) is 5.32 Å². The maximum Gasteiger partial charge on any atom is 0.251 e. The zero-order chi connectivity index (χ0) is 20.8. The third-order valence-electron chi connectivity index (χ3n) is 4.37. The molecule has 0 saturated carbocycles. The molecule has 0 unspecified atom stereocenters. The molecular formula is C22H29IN2O3. The number of aryl methyl sites for hydroxylation is 3. The number of hydrogen-bond donors (Lipinski definition) is 2. The van der Waals surface area contributed by atoms with E-state index in [1.165, 1.54) is 0 Å². The van der Waals surface area contributed by atoms with Gasteiger partial charge >= 0.3 is 0 Å². The molecule has 1 amide bonds. The molecule has 0 spiro atoms. The number of amides is 1. The highest BCUT2D eigenvalue weighted by Crippen LogP contribution is 2.31. The number of halogens is 1. The van der Waals surface area contributed by atoms with Crippen molar-refractivity contribution in [1.29, 1.82) is 0 Å². The fraction of sp³-hybridized carbons (Fsp3) is 0.409. The van der Waals surface area contributed by atoms with Gasteiger partial charge in [-0.1, -0.05) is 23.8 Å². The second kappa shape index (κ2) is 10.1. The second-order valence-corrected chi connectivity index (χ2v) is 8.22. The molecule has 0 heterocycles. The van der Waals surface area contributed by atoms with Gasteiger partial charge in [-0.15, -0.1) is 0 Å². The second-order valence-electron chi connectivity index (χ2n) is 7.14. The quantitative estimate of drug-likeness (QED) is 0.539. The van der Waals surface area contributed by atoms with Crippen LogP contribution in [0.3, 0.4) is 0 Å². The van der Waals surface area contributed by atoms with Crippen molar-refractivity contribution in [2.45, 2.75) is 46.8 Å². The summed E-state index contributed by atoms with van der Waals surface area (Å²) in [6.07, 6.45) is -0.257. The molecule has 0 aliphatic rings. The predicted molar refractivity (Wildman–Crippen MR) is 121 cm³/mol. The Morgan fingerprint density at radius 1 is 1.07 bits per heavy atom. The number of benzene rings is 2. The third-order valence-corrected chi connectivity index (χ3v) is 5.43. The molecule has 0 aliphatic carbocycles. The highest BCUT2D eigenvalue weighted by Gasteiger charge is 2.16. The van der Waals surface area contributed by atoms with Gasteiger partial charge in [0.05, 0.1) is 10.1 Å². The van der Waals surface area contributed by atoms with Gasteiger partial charge in [-0.05, 0) is 80.5 Å². The minimum absolute atomic E-state index is 0.0681. The van der Waals surface area contributed by atoms with Crippen LogP contribution in [0.15, 0.2) is 30.3 Å². The Morgan fingerprint density at radius 2 is 1.61 bits per heavy atom. The Labute approximate surface area is 181 Å². The lowest BCUT2D eigenvalue weighted by atomic mass is 9.99. The van der Waals surface area contributed by atoms with Crippen LogP contribution in [0.1, 0.15) is 40.9 Å². The van der Waals surface area contributed by atoms with Gasteiger partial charge in [0.25, 0.3) is 5.91 Å². The maximum absolute atomic E-state index is 12.6. The minimum Gasteiger partial charge on any atom is -0.488 e. The normalized spacial score (nSPS) is 13.0. The Bertz CT molecular complexity index is 816. The summed E-state index contributed by atoms with van der Waals surface area (Å²) in [5, 5.41) is 2.98. The largest absolute Gasteiger partial charge is 0.488 e. The van der Waals surface area contributed by atoms with E-state index in [1.807, 2.05) is 65.0 Å². The number of carbonyl (C=O) groups excluding carboxylic acids is 1. The van der Waals surface area contributed by atoms with E-state index in [2.05, 4.69) is 27.9 Å². The van der Waals surface area contributed by atoms with E-state index < -0.39 is 0 Å². The minimum atomic E-state index is -0.189. The van der Waals surface area contributed by atoms with Gasteiger partial charge in [0.2, 0.25) is 0 Å². The van der Waals surface area contributed by atoms with E-state index in [1.54, 1.807) is 0 Å². The SMILES string of the molecule is Cc1cc(C)c(C(=O)NC[C@H](C)Oc2cccc(O[C@@H](C)CN)c2I)c(C)c1. The van der Waals surface area contributed by atoms with E-state index in [0.29, 0.717) is 13.1 Å². The first-order chi connectivity index (χ1) is 13.2. The summed E-state index contributed by atoms with van der Waals surface area (Å²) >= 11 is 2.21. The highest BCUT2D eigenvalue weighted by molar-refractivity contribution is 14.1. The number of rotatable bonds is 8. The molecule has 3 N–H and O–H groups in total. The number of carbonyl (C=O) groups is 1. The zero-order valence-corrected chi connectivity index (χ0v) is 19.3. The van der Waals surface area contributed by atoms with Crippen LogP contribution in [0, 0.1) is 24.3 Å². The van der Waals surface area contributed by atoms with Crippen LogP contribution in [0.25, 0.3) is 0 Å². The lowest BCUT2D eigenvalue weighted by molar-refractivity contribution is 0.0930. The van der Waals surface area contributed by atoms with Crippen LogP contribution in [-0.2, 0) is 0 Å². The highest BCUT2D eigenvalue weighted by atomic mass is 127. The van der Waals surface area contributed by atoms with E-state index in [-0.39, 0.29) is 18.1 Å². The lowest BCUT2D eigenvalue weighted by Gasteiger charge is -2.20. The van der Waals surface area contributed by atoms with Crippen LogP contribution in [-0.4, -0.2) is 31.2 Å². The van der Waals surface area contributed by atoms with Crippen molar-refractivity contribution in [3.05, 3.63) is 56.2 Å². The summed E-state index contributed by atoms with van der Waals surface area (Å²) < 4.78 is 12.8. The molecular weight excluding hydrogens is 467 g/mol. The lowest BCUT2D eigenvalue weighted by Crippen LogP contribution is -2.34. The van der Waals surface area contributed by atoms with Crippen molar-refractivity contribution in [2.75, 3.05) is 13.1 Å². The van der Waals surface area contributed by atoms with Crippen LogP contribution >= 0.6 is 22.6 Å². The fourth-order valence-electron chi connectivity index (χ4n) is 3.06. The molecule has 2 aromatic rings. The molecule has 0 aliphatic heterocycles. The first-order valence-electron chi connectivity index (χ1n) is 9.40. The number of nitrogens with one attached hydrogen (secondary N) is 1. The first-order valence-corrected chi connectivity index (χ1v) is 10.5. The average molecular weight is 496 g/mol. The van der Waals surface area contributed by atoms with E-state index in [9.17, 15) is 4.79 Å². The zero-order valence-electron chi connectivity index (χ0n) is 17.1. The Kier molecular flexibility index (Phi) is 8.12. The molecule has 2 rings (SSSR count). The summed E-state index contributed by atoms with van der Waals surface area (Å²) in [5.41, 5.74) is 9.49. The topological polar surface area (TPSA) is 73.6 Å². The molecule has 0 radical (unpaired) electrons. The molecule has 0 fully saturated rings. The van der Waals surface area contributed by atoms with Gasteiger partial charge in [0.1, 0.15) is 23.7 Å². The molecule has 0 saturated heterocycles. The van der Waals surface area contributed by atoms with Crippen molar-refractivity contribution in [3.8, 4) is 11.5 Å². The van der Waals surface area contributed by atoms with Crippen molar-refractivity contribution >= 4 is 28.5 Å². The van der Waals surface area contributed by atoms with Crippen LogP contribution < -0.4 is 20.5 Å². The number of nitrogens with two attached hydrogens (primary N) is 1. The average Bonchev–Trinajstić information content (AvgIpc) is 2.62. The standard InChI is InChI=1S/C22H29IN2O3/c1-13-9-14(2)20(15(3)10-13)22(26)25-12-17(5)28-19-8-6-7-18(21(19)23)27-16(4)11-24/h6-10,16-17H,11-12,24H2,1-5H3,(H,25,26)/t16-,17-/m0/s1. The number of hydrogen-bond acceptors (Lipinski definition) is 4. The first kappa shape index (κ1) is 22.5. The molecule has 152 valence electrons. The van der Waals surface area contributed by atoms with Gasteiger partial charge < -0.3 is 20.5 Å². The predicted octanol–water partition coefficient (Wildman–Crippen LogP) is 4.14. The molecule has 5 nitrogen and oxygen atoms in total. The van der Waals surface area contributed by atoms with E-state index in [4.69, 9.17) is 15.2 Å². The van der Waals surface area contributed by atoms with Gasteiger partial charge in [-0.2, -0.15) is 0 Å². The molecule has 6 heteroatoms. The molecule has 2 aromatic carbocycles. The third kappa shape index (κ3) is 5.85. The summed E-state index contributed by atoms with van der Waals surface area (Å²) in [7, 11) is 0. The molecule has 0 aromatic heterocycles. The summed E-state index contributed by atoms with van der Waals surface area (Å²) in [4.78, 5) is 12.6. The monoisotopic (exact) mass is 496 g/mol. The molecule has 2 atom stereocenters. The Balaban J connectivity index is 2.00. The van der Waals surface area contributed by atoms with E-state index in [0.717, 1.165) is 37.3 Å². The smallest absolute Gasteiger partial charge is 0.251 e. The van der Waals surface area contributed by atoms with Gasteiger partial charge in [-0.25, -0.2) is 0 Å². The van der Waals surface area contributed by atoms with Crippen molar-refractivity contribution < 1.29 is 14.3 Å². The van der Waals surface area contributed by atoms with Crippen LogP contribution in [0.4, 0.5) is 0 Å². The van der Waals surface area contributed by atoms with Gasteiger partial charge in [0, 0.05) is 12.1 Å². The Morgan fingerprint density at radius 3 is 2.14 bits per heavy atom. The van der Waals surface area contributed by atoms with E-state index >= 15 is 0 Å². The summed E-state index contributed by atoms with van der Waals surface area (Å²) in [6.45, 7) is 10.7. The van der Waals surface area contributed by atoms with Crippen LogP contribution in [0.5, 0.6) is 11.5 Å². The van der Waals surface area contributed by atoms with Crippen LogP contribution in [0.2, 0.25) is 0 Å². The summed E-state index contributed by atoms with van der Waals surface area (Å²) in [5.74, 6) is 1.40. The van der Waals surface area contributed by atoms with Crippen molar-refractivity contribution in [3.63, 3.8) is 0 Å². The van der Waals surface area contributed by atoms with Crippen molar-refractivity contribution in [2.24, 2.45) is 5.73 Å². The van der Waals surface area contributed by atoms with Gasteiger partial charge in [-0.3, -0.25) is 4.79 Å². The number of ether oxygens (including phenoxy) is 2. The summed E-state index contributed by atoms with van der Waals surface area (Å²) in [6, 6.07) is 9.74. The fourth-order valence-corrected chi connectivity index (χ4v) is 3.67. The Hall–Kier alpha value is -1.80.